The molecule has 0 saturated carbocycles. The van der Waals surface area contributed by atoms with Crippen LogP contribution >= 0.6 is 11.8 Å². The number of carbonyl (C=O) groups excluding carboxylic acids is 1. The first-order valence-corrected chi connectivity index (χ1v) is 8.99. The van der Waals surface area contributed by atoms with E-state index in [0.717, 1.165) is 17.2 Å². The summed E-state index contributed by atoms with van der Waals surface area (Å²) >= 11 is 1.55. The molecule has 0 aliphatic rings. The third-order valence-electron chi connectivity index (χ3n) is 3.74. The Bertz CT molecular complexity index is 819. The number of carbonyl (C=O) groups is 1. The van der Waals surface area contributed by atoms with Crippen molar-refractivity contribution in [1.29, 1.82) is 0 Å². The second-order valence-corrected chi connectivity index (χ2v) is 6.43. The van der Waals surface area contributed by atoms with Crippen LogP contribution in [0.1, 0.15) is 21.6 Å². The first kappa shape index (κ1) is 17.2. The monoisotopic (exact) mass is 353 g/mol. The molecule has 0 aliphatic carbocycles. The molecule has 0 unspecified atom stereocenters. The number of esters is 1. The summed E-state index contributed by atoms with van der Waals surface area (Å²) in [5, 5.41) is 8.93. The van der Waals surface area contributed by atoms with Crippen molar-refractivity contribution >= 4 is 17.7 Å². The van der Waals surface area contributed by atoms with E-state index in [0.29, 0.717) is 6.54 Å². The van der Waals surface area contributed by atoms with Crippen LogP contribution in [0.15, 0.2) is 65.7 Å². The third kappa shape index (κ3) is 4.48. The summed E-state index contributed by atoms with van der Waals surface area (Å²) in [7, 11) is 1.36. The molecular formula is C19H19N3O2S. The van der Waals surface area contributed by atoms with Gasteiger partial charge in [-0.15, -0.1) is 5.10 Å². The van der Waals surface area contributed by atoms with Gasteiger partial charge in [0.25, 0.3) is 0 Å². The third-order valence-corrected chi connectivity index (χ3v) is 4.90. The number of nitrogens with zero attached hydrogens (tertiary/aromatic N) is 3. The number of aromatic nitrogens is 3. The highest BCUT2D eigenvalue weighted by atomic mass is 32.2. The molecule has 0 N–H and O–H groups in total. The van der Waals surface area contributed by atoms with Crippen LogP contribution in [0.2, 0.25) is 0 Å². The van der Waals surface area contributed by atoms with Crippen LogP contribution in [0.4, 0.5) is 0 Å². The van der Waals surface area contributed by atoms with Gasteiger partial charge in [0.1, 0.15) is 5.03 Å². The highest BCUT2D eigenvalue weighted by Crippen LogP contribution is 2.26. The lowest BCUT2D eigenvalue weighted by atomic mass is 10.1. The summed E-state index contributed by atoms with van der Waals surface area (Å²) in [6.07, 6.45) is 0.823. The van der Waals surface area contributed by atoms with Crippen molar-refractivity contribution < 1.29 is 9.53 Å². The smallest absolute Gasteiger partial charge is 0.361 e. The molecule has 1 heterocycles. The Morgan fingerprint density at radius 1 is 1.04 bits per heavy atom. The fourth-order valence-corrected chi connectivity index (χ4v) is 3.46. The van der Waals surface area contributed by atoms with Crippen molar-refractivity contribution in [1.82, 2.24) is 15.0 Å². The van der Waals surface area contributed by atoms with Gasteiger partial charge in [-0.05, 0) is 17.5 Å². The summed E-state index contributed by atoms with van der Waals surface area (Å²) in [6.45, 7) is 0.658. The zero-order chi connectivity index (χ0) is 17.5. The van der Waals surface area contributed by atoms with E-state index in [1.54, 1.807) is 16.4 Å². The number of methoxy groups -OCH3 is 1. The Morgan fingerprint density at radius 2 is 1.68 bits per heavy atom. The molecule has 3 aromatic rings. The molecule has 2 aromatic carbocycles. The molecule has 3 rings (SSSR count). The molecule has 0 atom stereocenters. The summed E-state index contributed by atoms with van der Waals surface area (Å²) < 4.78 is 6.62. The second-order valence-electron chi connectivity index (χ2n) is 5.47. The average Bonchev–Trinajstić information content (AvgIpc) is 3.08. The molecule has 0 saturated heterocycles. The van der Waals surface area contributed by atoms with E-state index in [9.17, 15) is 4.79 Å². The summed E-state index contributed by atoms with van der Waals surface area (Å²) in [6, 6.07) is 20.3. The predicted octanol–water partition coefficient (Wildman–Crippen LogP) is 3.60. The fraction of sp³-hybridized carbons (Fsp3) is 0.211. The van der Waals surface area contributed by atoms with E-state index in [1.165, 1.54) is 18.2 Å². The SMILES string of the molecule is COC(=O)c1nnn(CCc2ccccc2)c1SCc1ccccc1. The highest BCUT2D eigenvalue weighted by molar-refractivity contribution is 7.98. The minimum atomic E-state index is -0.457. The van der Waals surface area contributed by atoms with Crippen LogP contribution in [-0.2, 0) is 23.5 Å². The largest absolute Gasteiger partial charge is 0.464 e. The first-order valence-electron chi connectivity index (χ1n) is 8.00. The molecule has 6 heteroatoms. The predicted molar refractivity (Wildman–Crippen MR) is 97.5 cm³/mol. The molecular weight excluding hydrogens is 334 g/mol. The Labute approximate surface area is 151 Å². The normalized spacial score (nSPS) is 10.6. The number of aryl methyl sites for hydroxylation is 2. The summed E-state index contributed by atoms with van der Waals surface area (Å²) in [5.41, 5.74) is 2.67. The molecule has 0 amide bonds. The standard InChI is InChI=1S/C19H19N3O2S/c1-24-19(23)17-18(25-14-16-10-6-3-7-11-16)22(21-20-17)13-12-15-8-4-2-5-9-15/h2-11H,12-14H2,1H3. The van der Waals surface area contributed by atoms with Crippen LogP contribution in [0, 0.1) is 0 Å². The molecule has 0 fully saturated rings. The summed E-state index contributed by atoms with van der Waals surface area (Å²) in [5.74, 6) is 0.283. The molecule has 128 valence electrons. The number of thioether (sulfide) groups is 1. The Kier molecular flexibility index (Phi) is 5.85. The molecule has 25 heavy (non-hydrogen) atoms. The van der Waals surface area contributed by atoms with Gasteiger partial charge in [-0.25, -0.2) is 9.48 Å². The first-order chi connectivity index (χ1) is 12.3. The van der Waals surface area contributed by atoms with Crippen molar-refractivity contribution in [2.45, 2.75) is 23.7 Å². The van der Waals surface area contributed by atoms with E-state index in [2.05, 4.69) is 34.6 Å². The van der Waals surface area contributed by atoms with Gasteiger partial charge in [0.05, 0.1) is 7.11 Å². The maximum Gasteiger partial charge on any atom is 0.361 e. The van der Waals surface area contributed by atoms with Crippen molar-refractivity contribution in [3.05, 3.63) is 77.5 Å². The maximum atomic E-state index is 12.0. The van der Waals surface area contributed by atoms with Crippen molar-refractivity contribution in [2.75, 3.05) is 7.11 Å². The van der Waals surface area contributed by atoms with E-state index in [1.807, 2.05) is 36.4 Å². The van der Waals surface area contributed by atoms with Crippen LogP contribution in [-0.4, -0.2) is 28.1 Å². The number of hydrogen-bond donors (Lipinski definition) is 0. The van der Waals surface area contributed by atoms with Crippen molar-refractivity contribution in [3.8, 4) is 0 Å². The lowest BCUT2D eigenvalue weighted by molar-refractivity contribution is 0.0589. The molecule has 5 nitrogen and oxygen atoms in total. The van der Waals surface area contributed by atoms with Gasteiger partial charge in [-0.3, -0.25) is 0 Å². The Morgan fingerprint density at radius 3 is 2.32 bits per heavy atom. The van der Waals surface area contributed by atoms with E-state index < -0.39 is 5.97 Å². The van der Waals surface area contributed by atoms with Crippen molar-refractivity contribution in [3.63, 3.8) is 0 Å². The van der Waals surface area contributed by atoms with Crippen LogP contribution in [0.5, 0.6) is 0 Å². The zero-order valence-electron chi connectivity index (χ0n) is 14.0. The molecule has 1 aromatic heterocycles. The lowest BCUT2D eigenvalue weighted by Crippen LogP contribution is -2.07. The van der Waals surface area contributed by atoms with Crippen LogP contribution in [0.3, 0.4) is 0 Å². The van der Waals surface area contributed by atoms with Gasteiger partial charge in [0, 0.05) is 12.3 Å². The van der Waals surface area contributed by atoms with Crippen LogP contribution < -0.4 is 0 Å². The minimum Gasteiger partial charge on any atom is -0.464 e. The summed E-state index contributed by atoms with van der Waals surface area (Å²) in [4.78, 5) is 12.0. The van der Waals surface area contributed by atoms with Gasteiger partial charge in [-0.2, -0.15) is 0 Å². The zero-order valence-corrected chi connectivity index (χ0v) is 14.8. The lowest BCUT2D eigenvalue weighted by Gasteiger charge is -2.08. The van der Waals surface area contributed by atoms with E-state index in [-0.39, 0.29) is 5.69 Å². The molecule has 0 bridgehead atoms. The number of rotatable bonds is 7. The Hall–Kier alpha value is -2.60. The van der Waals surface area contributed by atoms with Gasteiger partial charge in [-0.1, -0.05) is 77.6 Å². The van der Waals surface area contributed by atoms with Gasteiger partial charge >= 0.3 is 5.97 Å². The molecule has 0 spiro atoms. The van der Waals surface area contributed by atoms with Crippen LogP contribution in [0.25, 0.3) is 0 Å². The Balaban J connectivity index is 1.77. The number of benzene rings is 2. The number of hydrogen-bond acceptors (Lipinski definition) is 5. The van der Waals surface area contributed by atoms with Gasteiger partial charge < -0.3 is 4.74 Å². The van der Waals surface area contributed by atoms with E-state index in [4.69, 9.17) is 4.74 Å². The van der Waals surface area contributed by atoms with Gasteiger partial charge in [0.2, 0.25) is 5.69 Å². The number of ether oxygens (including phenoxy) is 1. The van der Waals surface area contributed by atoms with E-state index >= 15 is 0 Å². The van der Waals surface area contributed by atoms with Crippen molar-refractivity contribution in [2.24, 2.45) is 0 Å². The fourth-order valence-electron chi connectivity index (χ4n) is 2.42. The molecule has 0 aliphatic heterocycles. The van der Waals surface area contributed by atoms with Gasteiger partial charge in [0.15, 0.2) is 0 Å². The topological polar surface area (TPSA) is 57.0 Å². The second kappa shape index (κ2) is 8.48. The average molecular weight is 353 g/mol. The maximum absolute atomic E-state index is 12.0. The minimum absolute atomic E-state index is 0.275. The quantitative estimate of drug-likeness (QED) is 0.480. The molecule has 0 radical (unpaired) electrons. The highest BCUT2D eigenvalue weighted by Gasteiger charge is 2.20.